The Morgan fingerprint density at radius 2 is 2.25 bits per heavy atom. The highest BCUT2D eigenvalue weighted by atomic mass is 79.9. The lowest BCUT2D eigenvalue weighted by molar-refractivity contribution is 0.254. The monoisotopic (exact) mass is 218 g/mol. The van der Waals surface area contributed by atoms with E-state index in [0.29, 0.717) is 6.61 Å². The van der Waals surface area contributed by atoms with Crippen LogP contribution in [0.1, 0.15) is 6.92 Å². The Kier molecular flexibility index (Phi) is 4.28. The molecule has 50 valence electrons. The normalized spacial score (nSPS) is 18.0. The van der Waals surface area contributed by atoms with E-state index in [1.807, 2.05) is 6.92 Å². The van der Waals surface area contributed by atoms with Gasteiger partial charge >= 0.3 is 6.49 Å². The molecule has 0 spiro atoms. The van der Waals surface area contributed by atoms with Gasteiger partial charge in [-0.2, -0.15) is 0 Å². The zero-order chi connectivity index (χ0) is 6.62. The summed E-state index contributed by atoms with van der Waals surface area (Å²) in [6, 6.07) is 0. The summed E-state index contributed by atoms with van der Waals surface area (Å²) in [7, 11) is 1.52. The molecule has 0 radical (unpaired) electrons. The average molecular weight is 220 g/mol. The predicted octanol–water partition coefficient (Wildman–Crippen LogP) is 1.74. The van der Waals surface area contributed by atoms with Crippen molar-refractivity contribution in [2.45, 2.75) is 6.92 Å². The van der Waals surface area contributed by atoms with Gasteiger partial charge < -0.3 is 8.85 Å². The first-order valence-electron chi connectivity index (χ1n) is 2.19. The van der Waals surface area contributed by atoms with Crippen LogP contribution in [0.4, 0.5) is 0 Å². The SMILES string of the molecule is CCO[Si](Cl)(Br)OC. The molecule has 0 aromatic rings. The molecule has 0 amide bonds. The lowest BCUT2D eigenvalue weighted by Crippen LogP contribution is -2.26. The summed E-state index contributed by atoms with van der Waals surface area (Å²) in [6.45, 7) is 0.0511. The first kappa shape index (κ1) is 8.91. The van der Waals surface area contributed by atoms with E-state index in [4.69, 9.17) is 19.9 Å². The molecule has 8 heavy (non-hydrogen) atoms. The Balaban J connectivity index is 3.37. The lowest BCUT2D eigenvalue weighted by Gasteiger charge is -2.12. The van der Waals surface area contributed by atoms with Crippen molar-refractivity contribution in [1.82, 2.24) is 0 Å². The van der Waals surface area contributed by atoms with Crippen LogP contribution in [0.15, 0.2) is 0 Å². The maximum Gasteiger partial charge on any atom is 0.520 e. The van der Waals surface area contributed by atoms with Gasteiger partial charge in [0.05, 0.1) is 0 Å². The van der Waals surface area contributed by atoms with Crippen LogP contribution in [-0.2, 0) is 8.85 Å². The van der Waals surface area contributed by atoms with Gasteiger partial charge in [0.2, 0.25) is 0 Å². The van der Waals surface area contributed by atoms with Gasteiger partial charge in [0.25, 0.3) is 0 Å². The smallest absolute Gasteiger partial charge is 0.378 e. The summed E-state index contributed by atoms with van der Waals surface area (Å²) in [5.41, 5.74) is 0. The first-order valence-corrected chi connectivity index (χ1v) is 7.28. The van der Waals surface area contributed by atoms with Crippen molar-refractivity contribution < 1.29 is 8.85 Å². The molecule has 1 atom stereocenters. The highest BCUT2D eigenvalue weighted by Crippen LogP contribution is 2.18. The topological polar surface area (TPSA) is 18.5 Å². The van der Waals surface area contributed by atoms with Crippen molar-refractivity contribution in [2.24, 2.45) is 0 Å². The van der Waals surface area contributed by atoms with Crippen LogP contribution >= 0.6 is 26.4 Å². The first-order chi connectivity index (χ1) is 3.62. The van der Waals surface area contributed by atoms with Gasteiger partial charge in [0, 0.05) is 13.7 Å². The van der Waals surface area contributed by atoms with Crippen LogP contribution in [0.3, 0.4) is 0 Å². The Hall–Kier alpha value is 0.907. The second kappa shape index (κ2) is 3.84. The molecule has 0 N–H and O–H groups in total. The minimum Gasteiger partial charge on any atom is -0.378 e. The molecule has 0 aliphatic rings. The Morgan fingerprint density at radius 3 is 2.38 bits per heavy atom. The van der Waals surface area contributed by atoms with Crippen LogP contribution in [0.5, 0.6) is 0 Å². The molecule has 0 aromatic heterocycles. The van der Waals surface area contributed by atoms with Gasteiger partial charge in [-0.1, -0.05) is 11.1 Å². The van der Waals surface area contributed by atoms with Crippen molar-refractivity contribution in [1.29, 1.82) is 0 Å². The van der Waals surface area contributed by atoms with Gasteiger partial charge in [0.15, 0.2) is 0 Å². The van der Waals surface area contributed by atoms with E-state index in [1.165, 1.54) is 7.11 Å². The number of hydrogen-bond donors (Lipinski definition) is 0. The van der Waals surface area contributed by atoms with Crippen molar-refractivity contribution in [3.05, 3.63) is 0 Å². The van der Waals surface area contributed by atoms with Crippen LogP contribution in [-0.4, -0.2) is 20.2 Å². The molecule has 0 aromatic carbocycles. The van der Waals surface area contributed by atoms with Crippen LogP contribution in [0, 0.1) is 0 Å². The van der Waals surface area contributed by atoms with E-state index in [9.17, 15) is 0 Å². The minimum absolute atomic E-state index is 0.578. The summed E-state index contributed by atoms with van der Waals surface area (Å²) < 4.78 is 9.75. The van der Waals surface area contributed by atoms with Crippen molar-refractivity contribution in [3.8, 4) is 0 Å². The molecule has 5 heteroatoms. The average Bonchev–Trinajstić information content (AvgIpc) is 1.67. The Bertz CT molecular complexity index is 70.3. The maximum absolute atomic E-state index is 5.63. The highest BCUT2D eigenvalue weighted by Gasteiger charge is 2.29. The van der Waals surface area contributed by atoms with Crippen LogP contribution < -0.4 is 0 Å². The molecule has 0 fully saturated rings. The van der Waals surface area contributed by atoms with E-state index in [2.05, 4.69) is 15.3 Å². The van der Waals surface area contributed by atoms with E-state index < -0.39 is 6.49 Å². The largest absolute Gasteiger partial charge is 0.520 e. The molecule has 0 aliphatic carbocycles. The molecule has 0 saturated heterocycles. The Morgan fingerprint density at radius 1 is 1.75 bits per heavy atom. The summed E-state index contributed by atoms with van der Waals surface area (Å²) in [4.78, 5) is 0. The standard InChI is InChI=1S/C3H8BrClO2Si/c1-3-7-8(4,5)6-2/h3H2,1-2H3. The second-order valence-corrected chi connectivity index (χ2v) is 8.72. The quantitative estimate of drug-likeness (QED) is 0.532. The lowest BCUT2D eigenvalue weighted by atomic mass is 10.9. The van der Waals surface area contributed by atoms with Crippen molar-refractivity contribution in [2.75, 3.05) is 13.7 Å². The van der Waals surface area contributed by atoms with Crippen LogP contribution in [0.2, 0.25) is 0 Å². The maximum atomic E-state index is 5.63. The molecule has 2 nitrogen and oxygen atoms in total. The molecular weight excluding hydrogens is 211 g/mol. The number of halogens is 2. The third-order valence-electron chi connectivity index (χ3n) is 0.550. The van der Waals surface area contributed by atoms with Gasteiger partial charge in [-0.15, -0.1) is 0 Å². The van der Waals surface area contributed by atoms with Gasteiger partial charge in [-0.25, -0.2) is 0 Å². The van der Waals surface area contributed by atoms with Gasteiger partial charge in [0.1, 0.15) is 0 Å². The number of hydrogen-bond acceptors (Lipinski definition) is 2. The third-order valence-corrected chi connectivity index (χ3v) is 4.10. The van der Waals surface area contributed by atoms with E-state index >= 15 is 0 Å². The highest BCUT2D eigenvalue weighted by molar-refractivity contribution is 9.26. The van der Waals surface area contributed by atoms with E-state index in [0.717, 1.165) is 0 Å². The summed E-state index contributed by atoms with van der Waals surface area (Å²) >= 11 is 8.73. The third kappa shape index (κ3) is 3.85. The van der Waals surface area contributed by atoms with Gasteiger partial charge in [-0.05, 0) is 22.2 Å². The molecule has 0 rings (SSSR count). The molecular formula is C3H8BrClO2Si. The summed E-state index contributed by atoms with van der Waals surface area (Å²) in [5, 5.41) is 0. The fraction of sp³-hybridized carbons (Fsp3) is 1.00. The summed E-state index contributed by atoms with van der Waals surface area (Å²) in [6.07, 6.45) is 0. The second-order valence-electron chi connectivity index (χ2n) is 1.10. The predicted molar refractivity (Wildman–Crippen MR) is 39.2 cm³/mol. The van der Waals surface area contributed by atoms with E-state index in [1.54, 1.807) is 0 Å². The minimum atomic E-state index is -2.39. The zero-order valence-corrected chi connectivity index (χ0v) is 8.12. The molecule has 0 heterocycles. The van der Waals surface area contributed by atoms with Gasteiger partial charge in [-0.3, -0.25) is 0 Å². The molecule has 0 aliphatic heterocycles. The zero-order valence-electron chi connectivity index (χ0n) is 4.78. The Labute approximate surface area is 62.6 Å². The summed E-state index contributed by atoms with van der Waals surface area (Å²) in [5.74, 6) is 0. The molecule has 1 unspecified atom stereocenters. The van der Waals surface area contributed by atoms with E-state index in [-0.39, 0.29) is 0 Å². The fourth-order valence-electron chi connectivity index (χ4n) is 0.227. The molecule has 0 saturated carbocycles. The number of rotatable bonds is 3. The van der Waals surface area contributed by atoms with Crippen molar-refractivity contribution >= 4 is 32.9 Å². The van der Waals surface area contributed by atoms with Crippen molar-refractivity contribution in [3.63, 3.8) is 0 Å². The van der Waals surface area contributed by atoms with Crippen LogP contribution in [0.25, 0.3) is 0 Å². The molecule has 0 bridgehead atoms. The fourth-order valence-corrected chi connectivity index (χ4v) is 1.69.